The molecule has 0 saturated carbocycles. The van der Waals surface area contributed by atoms with E-state index in [0.29, 0.717) is 10.6 Å². The number of halogens is 1. The van der Waals surface area contributed by atoms with Crippen molar-refractivity contribution in [1.82, 2.24) is 0 Å². The smallest absolute Gasteiger partial charge is 0.311 e. The van der Waals surface area contributed by atoms with Crippen LogP contribution in [0.25, 0.3) is 0 Å². The van der Waals surface area contributed by atoms with Crippen LogP contribution < -0.4 is 4.74 Å². The molecule has 2 aromatic carbocycles. The number of carbonyl (C=O) groups is 1. The first-order chi connectivity index (χ1) is 10.9. The lowest BCUT2D eigenvalue weighted by Crippen LogP contribution is -2.08. The summed E-state index contributed by atoms with van der Waals surface area (Å²) in [6.07, 6.45) is 0. The molecule has 0 spiro atoms. The standard InChI is InChI=1S/C17H16ClNO4/c1-11(2)17(20)13-6-7-16(15(9-13)19(21)22)23-10-12-4-3-5-14(18)8-12/h3-9,11H,10H2,1-2H3. The number of hydrogen-bond donors (Lipinski definition) is 0. The largest absolute Gasteiger partial charge is 0.482 e. The molecule has 2 aromatic rings. The monoisotopic (exact) mass is 333 g/mol. The maximum absolute atomic E-state index is 12.0. The second kappa shape index (κ2) is 7.24. The number of nitro groups is 1. The molecule has 0 radical (unpaired) electrons. The molecule has 0 aliphatic rings. The van der Waals surface area contributed by atoms with Crippen molar-refractivity contribution in [2.45, 2.75) is 20.5 Å². The van der Waals surface area contributed by atoms with Crippen molar-refractivity contribution in [1.29, 1.82) is 0 Å². The van der Waals surface area contributed by atoms with Gasteiger partial charge in [-0.25, -0.2) is 0 Å². The van der Waals surface area contributed by atoms with E-state index in [-0.39, 0.29) is 29.7 Å². The van der Waals surface area contributed by atoms with E-state index in [4.69, 9.17) is 16.3 Å². The van der Waals surface area contributed by atoms with Gasteiger partial charge in [0.15, 0.2) is 11.5 Å². The van der Waals surface area contributed by atoms with E-state index >= 15 is 0 Å². The number of rotatable bonds is 6. The van der Waals surface area contributed by atoms with Crippen LogP contribution in [0.2, 0.25) is 5.02 Å². The quantitative estimate of drug-likeness (QED) is 0.437. The molecule has 23 heavy (non-hydrogen) atoms. The zero-order valence-electron chi connectivity index (χ0n) is 12.8. The van der Waals surface area contributed by atoms with E-state index in [0.717, 1.165) is 5.56 Å². The number of hydrogen-bond acceptors (Lipinski definition) is 4. The molecule has 0 atom stereocenters. The van der Waals surface area contributed by atoms with Gasteiger partial charge in [-0.1, -0.05) is 37.6 Å². The summed E-state index contributed by atoms with van der Waals surface area (Å²) in [6.45, 7) is 3.65. The summed E-state index contributed by atoms with van der Waals surface area (Å²) in [7, 11) is 0. The van der Waals surface area contributed by atoms with Crippen molar-refractivity contribution in [3.63, 3.8) is 0 Å². The number of nitrogens with zero attached hydrogens (tertiary/aromatic N) is 1. The second-order valence-corrected chi connectivity index (χ2v) is 5.81. The number of ketones is 1. The third-order valence-electron chi connectivity index (χ3n) is 3.25. The molecule has 5 nitrogen and oxygen atoms in total. The summed E-state index contributed by atoms with van der Waals surface area (Å²) >= 11 is 5.89. The van der Waals surface area contributed by atoms with Crippen LogP contribution >= 0.6 is 11.6 Å². The summed E-state index contributed by atoms with van der Waals surface area (Å²) < 4.78 is 5.52. The molecular formula is C17H16ClNO4. The van der Waals surface area contributed by atoms with Gasteiger partial charge in [-0.05, 0) is 29.8 Å². The lowest BCUT2D eigenvalue weighted by molar-refractivity contribution is -0.386. The topological polar surface area (TPSA) is 69.4 Å². The first-order valence-corrected chi connectivity index (χ1v) is 7.46. The Bertz CT molecular complexity index is 743. The van der Waals surface area contributed by atoms with Gasteiger partial charge in [0.25, 0.3) is 0 Å². The van der Waals surface area contributed by atoms with Gasteiger partial charge in [-0.2, -0.15) is 0 Å². The van der Waals surface area contributed by atoms with Crippen LogP contribution in [0.15, 0.2) is 42.5 Å². The van der Waals surface area contributed by atoms with Crippen LogP contribution in [-0.2, 0) is 6.61 Å². The van der Waals surface area contributed by atoms with Crippen molar-refractivity contribution in [2.24, 2.45) is 5.92 Å². The lowest BCUT2D eigenvalue weighted by atomic mass is 10.0. The van der Waals surface area contributed by atoms with Gasteiger partial charge >= 0.3 is 5.69 Å². The Morgan fingerprint density at radius 3 is 2.61 bits per heavy atom. The molecule has 0 aromatic heterocycles. The predicted molar refractivity (Wildman–Crippen MR) is 88.0 cm³/mol. The minimum atomic E-state index is -0.551. The molecule has 0 saturated heterocycles. The van der Waals surface area contributed by atoms with Crippen LogP contribution in [0.3, 0.4) is 0 Å². The summed E-state index contributed by atoms with van der Waals surface area (Å²) in [5.41, 5.74) is 0.884. The fraction of sp³-hybridized carbons (Fsp3) is 0.235. The molecule has 2 rings (SSSR count). The number of benzene rings is 2. The molecule has 0 N–H and O–H groups in total. The number of ether oxygens (including phenoxy) is 1. The van der Waals surface area contributed by atoms with Crippen LogP contribution in [0.1, 0.15) is 29.8 Å². The highest BCUT2D eigenvalue weighted by Crippen LogP contribution is 2.29. The Balaban J connectivity index is 2.24. The molecule has 0 aliphatic carbocycles. The SMILES string of the molecule is CC(C)C(=O)c1ccc(OCc2cccc(Cl)c2)c([N+](=O)[O-])c1. The molecule has 0 unspecified atom stereocenters. The maximum atomic E-state index is 12.0. The van der Waals surface area contributed by atoms with Crippen LogP contribution in [0.4, 0.5) is 5.69 Å². The van der Waals surface area contributed by atoms with Gasteiger partial charge in [0.1, 0.15) is 6.61 Å². The summed E-state index contributed by atoms with van der Waals surface area (Å²) in [5.74, 6) is -0.252. The van der Waals surface area contributed by atoms with Crippen molar-refractivity contribution in [2.75, 3.05) is 0 Å². The Labute approximate surface area is 139 Å². The first kappa shape index (κ1) is 17.0. The second-order valence-electron chi connectivity index (χ2n) is 5.38. The maximum Gasteiger partial charge on any atom is 0.311 e. The Kier molecular flexibility index (Phi) is 5.34. The first-order valence-electron chi connectivity index (χ1n) is 7.08. The van der Waals surface area contributed by atoms with Gasteiger partial charge < -0.3 is 4.74 Å². The van der Waals surface area contributed by atoms with Crippen LogP contribution in [-0.4, -0.2) is 10.7 Å². The van der Waals surface area contributed by atoms with E-state index in [2.05, 4.69) is 0 Å². The molecule has 0 fully saturated rings. The number of nitro benzene ring substituents is 1. The Morgan fingerprint density at radius 1 is 1.26 bits per heavy atom. The van der Waals surface area contributed by atoms with E-state index in [9.17, 15) is 14.9 Å². The summed E-state index contributed by atoms with van der Waals surface area (Å²) in [6, 6.07) is 11.3. The van der Waals surface area contributed by atoms with Crippen LogP contribution in [0.5, 0.6) is 5.75 Å². The van der Waals surface area contributed by atoms with Crippen molar-refractivity contribution in [3.8, 4) is 5.75 Å². The van der Waals surface area contributed by atoms with Gasteiger partial charge in [0.05, 0.1) is 4.92 Å². The molecule has 0 bridgehead atoms. The van der Waals surface area contributed by atoms with Gasteiger partial charge in [0, 0.05) is 22.6 Å². The minimum absolute atomic E-state index is 0.121. The predicted octanol–water partition coefficient (Wildman–Crippen LogP) is 4.67. The summed E-state index contributed by atoms with van der Waals surface area (Å²) in [5, 5.41) is 11.8. The molecule has 0 amide bonds. The Hall–Kier alpha value is -2.40. The highest BCUT2D eigenvalue weighted by molar-refractivity contribution is 6.30. The van der Waals surface area contributed by atoms with Gasteiger partial charge in [-0.3, -0.25) is 14.9 Å². The third kappa shape index (κ3) is 4.29. The number of carbonyl (C=O) groups excluding carboxylic acids is 1. The van der Waals surface area contributed by atoms with Gasteiger partial charge in [0.2, 0.25) is 0 Å². The zero-order chi connectivity index (χ0) is 17.0. The molecular weight excluding hydrogens is 318 g/mol. The fourth-order valence-electron chi connectivity index (χ4n) is 2.06. The minimum Gasteiger partial charge on any atom is -0.482 e. The highest BCUT2D eigenvalue weighted by atomic mass is 35.5. The summed E-state index contributed by atoms with van der Waals surface area (Å²) in [4.78, 5) is 22.6. The van der Waals surface area contributed by atoms with E-state index in [1.807, 2.05) is 6.07 Å². The average Bonchev–Trinajstić information content (AvgIpc) is 2.52. The van der Waals surface area contributed by atoms with E-state index in [1.165, 1.54) is 12.1 Å². The Morgan fingerprint density at radius 2 is 2.00 bits per heavy atom. The highest BCUT2D eigenvalue weighted by Gasteiger charge is 2.20. The molecule has 0 aliphatic heterocycles. The third-order valence-corrected chi connectivity index (χ3v) is 3.48. The van der Waals surface area contributed by atoms with Crippen molar-refractivity contribution in [3.05, 3.63) is 68.7 Å². The lowest BCUT2D eigenvalue weighted by Gasteiger charge is -2.09. The van der Waals surface area contributed by atoms with Gasteiger partial charge in [-0.15, -0.1) is 0 Å². The molecule has 0 heterocycles. The van der Waals surface area contributed by atoms with E-state index < -0.39 is 4.92 Å². The molecule has 120 valence electrons. The normalized spacial score (nSPS) is 10.6. The van der Waals surface area contributed by atoms with Crippen molar-refractivity contribution >= 4 is 23.1 Å². The zero-order valence-corrected chi connectivity index (χ0v) is 13.5. The van der Waals surface area contributed by atoms with Crippen molar-refractivity contribution < 1.29 is 14.5 Å². The van der Waals surface area contributed by atoms with Crippen LogP contribution in [0, 0.1) is 16.0 Å². The average molecular weight is 334 g/mol. The molecule has 6 heteroatoms. The van der Waals surface area contributed by atoms with E-state index in [1.54, 1.807) is 38.1 Å². The fourth-order valence-corrected chi connectivity index (χ4v) is 2.27. The number of Topliss-reactive ketones (excluding diaryl/α,β-unsaturated/α-hetero) is 1.